The molecule has 0 radical (unpaired) electrons. The molecule has 0 aliphatic heterocycles. The van der Waals surface area contributed by atoms with Gasteiger partial charge in [-0.25, -0.2) is 0 Å². The predicted molar refractivity (Wildman–Crippen MR) is 71.0 cm³/mol. The van der Waals surface area contributed by atoms with E-state index in [0.29, 0.717) is 12.0 Å². The second-order valence-corrected chi connectivity index (χ2v) is 5.04. The molecule has 3 unspecified atom stereocenters. The normalized spacial score (nSPS) is 27.4. The number of hydrogen-bond donors (Lipinski definition) is 1. The van der Waals surface area contributed by atoms with E-state index in [4.69, 9.17) is 9.47 Å². The van der Waals surface area contributed by atoms with Crippen LogP contribution in [0.15, 0.2) is 0 Å². The van der Waals surface area contributed by atoms with Crippen molar-refractivity contribution in [3.8, 4) is 0 Å². The van der Waals surface area contributed by atoms with Gasteiger partial charge in [0.2, 0.25) is 0 Å². The molecule has 0 bridgehead atoms. The molecule has 1 saturated carbocycles. The third-order valence-electron chi connectivity index (χ3n) is 4.15. The lowest BCUT2D eigenvalue weighted by molar-refractivity contribution is -0.139. The van der Waals surface area contributed by atoms with Crippen molar-refractivity contribution in [1.82, 2.24) is 5.32 Å². The zero-order valence-electron chi connectivity index (χ0n) is 11.9. The summed E-state index contributed by atoms with van der Waals surface area (Å²) in [4.78, 5) is 0. The molecule has 0 aromatic rings. The summed E-state index contributed by atoms with van der Waals surface area (Å²) >= 11 is 0. The zero-order valence-corrected chi connectivity index (χ0v) is 11.9. The molecule has 1 N–H and O–H groups in total. The molecule has 3 atom stereocenters. The number of ether oxygens (including phenoxy) is 2. The lowest BCUT2D eigenvalue weighted by atomic mass is 9.73. The van der Waals surface area contributed by atoms with Gasteiger partial charge in [0, 0.05) is 14.2 Å². The molecule has 0 saturated heterocycles. The first-order valence-electron chi connectivity index (χ1n) is 7.07. The highest BCUT2D eigenvalue weighted by Crippen LogP contribution is 2.35. The van der Waals surface area contributed by atoms with Gasteiger partial charge in [-0.2, -0.15) is 0 Å². The van der Waals surface area contributed by atoms with E-state index in [1.807, 2.05) is 0 Å². The molecule has 17 heavy (non-hydrogen) atoms. The van der Waals surface area contributed by atoms with Crippen LogP contribution in [0.25, 0.3) is 0 Å². The van der Waals surface area contributed by atoms with Crippen molar-refractivity contribution in [2.75, 3.05) is 20.8 Å². The van der Waals surface area contributed by atoms with Crippen LogP contribution in [0.5, 0.6) is 0 Å². The van der Waals surface area contributed by atoms with Crippen molar-refractivity contribution >= 4 is 0 Å². The summed E-state index contributed by atoms with van der Waals surface area (Å²) < 4.78 is 11.0. The average molecular weight is 243 g/mol. The Kier molecular flexibility index (Phi) is 7.09. The van der Waals surface area contributed by atoms with Crippen LogP contribution in [0.4, 0.5) is 0 Å². The second kappa shape index (κ2) is 8.06. The van der Waals surface area contributed by atoms with Gasteiger partial charge in [-0.05, 0) is 24.8 Å². The molecule has 0 spiro atoms. The fraction of sp³-hybridized carbons (Fsp3) is 1.00. The van der Waals surface area contributed by atoms with E-state index < -0.39 is 0 Å². The van der Waals surface area contributed by atoms with Crippen molar-refractivity contribution < 1.29 is 9.47 Å². The molecule has 0 aromatic carbocycles. The van der Waals surface area contributed by atoms with Gasteiger partial charge in [0.25, 0.3) is 0 Å². The van der Waals surface area contributed by atoms with Crippen LogP contribution in [-0.4, -0.2) is 33.1 Å². The summed E-state index contributed by atoms with van der Waals surface area (Å²) in [5.41, 5.74) is 0. The fourth-order valence-corrected chi connectivity index (χ4v) is 3.29. The molecule has 0 heterocycles. The van der Waals surface area contributed by atoms with Crippen LogP contribution >= 0.6 is 0 Å². The van der Waals surface area contributed by atoms with Gasteiger partial charge >= 0.3 is 0 Å². The minimum Gasteiger partial charge on any atom is -0.354 e. The standard InChI is InChI=1S/C14H29NO2/c1-5-11-9-7-8-10-12(11)13(15-6-2)14(16-3)17-4/h11-15H,5-10H2,1-4H3. The Morgan fingerprint density at radius 3 is 2.29 bits per heavy atom. The van der Waals surface area contributed by atoms with E-state index in [1.54, 1.807) is 14.2 Å². The maximum atomic E-state index is 5.48. The highest BCUT2D eigenvalue weighted by atomic mass is 16.7. The third kappa shape index (κ3) is 3.94. The van der Waals surface area contributed by atoms with Crippen molar-refractivity contribution in [1.29, 1.82) is 0 Å². The molecule has 102 valence electrons. The lowest BCUT2D eigenvalue weighted by Gasteiger charge is -2.39. The first-order valence-corrected chi connectivity index (χ1v) is 7.07. The Morgan fingerprint density at radius 2 is 1.76 bits per heavy atom. The highest BCUT2D eigenvalue weighted by molar-refractivity contribution is 4.86. The first-order chi connectivity index (χ1) is 8.28. The van der Waals surface area contributed by atoms with Gasteiger partial charge in [-0.3, -0.25) is 0 Å². The summed E-state index contributed by atoms with van der Waals surface area (Å²) in [6, 6.07) is 0.334. The maximum absolute atomic E-state index is 5.48. The summed E-state index contributed by atoms with van der Waals surface area (Å²) in [7, 11) is 3.48. The lowest BCUT2D eigenvalue weighted by Crippen LogP contribution is -2.50. The Morgan fingerprint density at radius 1 is 1.12 bits per heavy atom. The van der Waals surface area contributed by atoms with Crippen molar-refractivity contribution in [2.45, 2.75) is 58.3 Å². The molecule has 3 heteroatoms. The quantitative estimate of drug-likeness (QED) is 0.697. The van der Waals surface area contributed by atoms with E-state index in [2.05, 4.69) is 19.2 Å². The van der Waals surface area contributed by atoms with E-state index in [-0.39, 0.29) is 6.29 Å². The number of likely N-dealkylation sites (N-methyl/N-ethyl adjacent to an activating group) is 1. The molecule has 1 fully saturated rings. The van der Waals surface area contributed by atoms with E-state index >= 15 is 0 Å². The Hall–Kier alpha value is -0.120. The number of methoxy groups -OCH3 is 2. The van der Waals surface area contributed by atoms with E-state index in [9.17, 15) is 0 Å². The molecule has 0 amide bonds. The van der Waals surface area contributed by atoms with E-state index in [1.165, 1.54) is 32.1 Å². The summed E-state index contributed by atoms with van der Waals surface area (Å²) in [5, 5.41) is 3.57. The smallest absolute Gasteiger partial charge is 0.172 e. The molecule has 1 aliphatic carbocycles. The fourth-order valence-electron chi connectivity index (χ4n) is 3.29. The van der Waals surface area contributed by atoms with Gasteiger partial charge in [0.1, 0.15) is 0 Å². The van der Waals surface area contributed by atoms with Gasteiger partial charge in [-0.1, -0.05) is 39.5 Å². The summed E-state index contributed by atoms with van der Waals surface area (Å²) in [6.45, 7) is 5.43. The Balaban J connectivity index is 2.71. The molecule has 1 aliphatic rings. The molecular formula is C14H29NO2. The summed E-state index contributed by atoms with van der Waals surface area (Å²) in [6.07, 6.45) is 6.56. The summed E-state index contributed by atoms with van der Waals surface area (Å²) in [5.74, 6) is 1.51. The van der Waals surface area contributed by atoms with Gasteiger partial charge in [0.05, 0.1) is 6.04 Å². The molecule has 0 aromatic heterocycles. The van der Waals surface area contributed by atoms with E-state index in [0.717, 1.165) is 12.5 Å². The van der Waals surface area contributed by atoms with Crippen molar-refractivity contribution in [3.63, 3.8) is 0 Å². The monoisotopic (exact) mass is 243 g/mol. The van der Waals surface area contributed by atoms with Crippen LogP contribution < -0.4 is 5.32 Å². The topological polar surface area (TPSA) is 30.5 Å². The largest absolute Gasteiger partial charge is 0.354 e. The van der Waals surface area contributed by atoms with Gasteiger partial charge < -0.3 is 14.8 Å². The average Bonchev–Trinajstić information content (AvgIpc) is 2.39. The predicted octanol–water partition coefficient (Wildman–Crippen LogP) is 2.80. The van der Waals surface area contributed by atoms with Gasteiger partial charge in [0.15, 0.2) is 6.29 Å². The van der Waals surface area contributed by atoms with Crippen molar-refractivity contribution in [2.24, 2.45) is 11.8 Å². The van der Waals surface area contributed by atoms with Gasteiger partial charge in [-0.15, -0.1) is 0 Å². The number of rotatable bonds is 7. The zero-order chi connectivity index (χ0) is 12.7. The van der Waals surface area contributed by atoms with Crippen LogP contribution in [0.1, 0.15) is 46.0 Å². The van der Waals surface area contributed by atoms with Crippen LogP contribution in [0, 0.1) is 11.8 Å². The Bertz CT molecular complexity index is 195. The highest BCUT2D eigenvalue weighted by Gasteiger charge is 2.35. The van der Waals surface area contributed by atoms with Crippen LogP contribution in [-0.2, 0) is 9.47 Å². The minimum atomic E-state index is -0.118. The van der Waals surface area contributed by atoms with Crippen LogP contribution in [0.3, 0.4) is 0 Å². The Labute approximate surface area is 106 Å². The minimum absolute atomic E-state index is 0.118. The molecule has 3 nitrogen and oxygen atoms in total. The third-order valence-corrected chi connectivity index (χ3v) is 4.15. The van der Waals surface area contributed by atoms with Crippen molar-refractivity contribution in [3.05, 3.63) is 0 Å². The number of nitrogens with one attached hydrogen (secondary N) is 1. The molecular weight excluding hydrogens is 214 g/mol. The SMILES string of the molecule is CCNC(C(OC)OC)C1CCCCC1CC. The number of hydrogen-bond acceptors (Lipinski definition) is 3. The van der Waals surface area contributed by atoms with Crippen LogP contribution in [0.2, 0.25) is 0 Å². The second-order valence-electron chi connectivity index (χ2n) is 5.04. The maximum Gasteiger partial charge on any atom is 0.172 e. The first kappa shape index (κ1) is 14.9. The molecule has 1 rings (SSSR count).